The lowest BCUT2D eigenvalue weighted by Crippen LogP contribution is -2.28. The quantitative estimate of drug-likeness (QED) is 0.337. The van der Waals surface area contributed by atoms with Gasteiger partial charge in [0, 0.05) is 17.8 Å². The van der Waals surface area contributed by atoms with Gasteiger partial charge in [-0.25, -0.2) is 14.5 Å². The van der Waals surface area contributed by atoms with E-state index < -0.39 is 0 Å². The Kier molecular flexibility index (Phi) is 6.23. The van der Waals surface area contributed by atoms with Crippen molar-refractivity contribution in [1.82, 2.24) is 24.6 Å². The number of rotatable bonds is 8. The fraction of sp³-hybridized carbons (Fsp3) is 0.375. The minimum atomic E-state index is -0.315. The van der Waals surface area contributed by atoms with E-state index in [0.717, 1.165) is 30.7 Å². The lowest BCUT2D eigenvalue weighted by atomic mass is 10.1. The van der Waals surface area contributed by atoms with Gasteiger partial charge < -0.3 is 8.83 Å². The fourth-order valence-electron chi connectivity index (χ4n) is 4.19. The maximum absolute atomic E-state index is 13.2. The minimum Gasteiger partial charge on any atom is -0.467 e. The Hall–Kier alpha value is -3.40. The molecule has 10 heteroatoms. The number of hydrogen-bond acceptors (Lipinski definition) is 8. The number of hydrogen-bond donors (Lipinski definition) is 0. The lowest BCUT2D eigenvalue weighted by molar-refractivity contribution is -0.130. The highest BCUT2D eigenvalue weighted by Crippen LogP contribution is 2.34. The topological polar surface area (TPSA) is 102 Å². The van der Waals surface area contributed by atoms with Gasteiger partial charge in [0.15, 0.2) is 0 Å². The minimum absolute atomic E-state index is 0.143. The van der Waals surface area contributed by atoms with Crippen molar-refractivity contribution in [1.29, 1.82) is 0 Å². The molecule has 0 saturated carbocycles. The van der Waals surface area contributed by atoms with Crippen LogP contribution in [0.3, 0.4) is 0 Å². The summed E-state index contributed by atoms with van der Waals surface area (Å²) < 4.78 is 12.9. The summed E-state index contributed by atoms with van der Waals surface area (Å²) in [6, 6.07) is 7.00. The Morgan fingerprint density at radius 1 is 1.18 bits per heavy atom. The van der Waals surface area contributed by atoms with Crippen LogP contribution in [-0.4, -0.2) is 42.0 Å². The lowest BCUT2D eigenvalue weighted by Gasteiger charge is -2.19. The Balaban J connectivity index is 1.35. The van der Waals surface area contributed by atoms with Crippen LogP contribution in [0.15, 0.2) is 55.9 Å². The molecule has 1 amide bonds. The number of aromatic nitrogens is 4. The first-order valence-corrected chi connectivity index (χ1v) is 12.4. The van der Waals surface area contributed by atoms with Gasteiger partial charge >= 0.3 is 0 Å². The van der Waals surface area contributed by atoms with E-state index in [1.807, 2.05) is 32.0 Å². The summed E-state index contributed by atoms with van der Waals surface area (Å²) in [4.78, 5) is 22.4. The van der Waals surface area contributed by atoms with Crippen molar-refractivity contribution in [3.05, 3.63) is 65.3 Å². The monoisotopic (exact) mass is 478 g/mol. The first kappa shape index (κ1) is 22.4. The number of carbonyl (C=O) groups excluding carboxylic acids is 1. The molecular formula is C24H26N6O3S. The summed E-state index contributed by atoms with van der Waals surface area (Å²) in [5.41, 5.74) is 3.96. The van der Waals surface area contributed by atoms with Crippen LogP contribution in [0.2, 0.25) is 0 Å². The van der Waals surface area contributed by atoms with E-state index in [2.05, 4.69) is 27.1 Å². The molecule has 0 bridgehead atoms. The van der Waals surface area contributed by atoms with Crippen LogP contribution in [0.25, 0.3) is 5.78 Å². The largest absolute Gasteiger partial charge is 0.467 e. The SMILES string of the molecule is CCCCc1c(C)nc2nc(SCC(=O)N3N=C(c4ccco4)CC3c3ccco3)nn2c1C. The molecule has 1 unspecified atom stereocenters. The van der Waals surface area contributed by atoms with Gasteiger partial charge in [-0.2, -0.15) is 10.1 Å². The molecule has 4 aromatic rings. The van der Waals surface area contributed by atoms with Gasteiger partial charge in [-0.05, 0) is 56.5 Å². The smallest absolute Gasteiger partial charge is 0.253 e. The number of hydrazone groups is 1. The normalized spacial score (nSPS) is 15.9. The number of amides is 1. The van der Waals surface area contributed by atoms with Crippen LogP contribution in [0.1, 0.15) is 60.7 Å². The van der Waals surface area contributed by atoms with Crippen molar-refractivity contribution in [3.63, 3.8) is 0 Å². The van der Waals surface area contributed by atoms with Gasteiger partial charge in [0.1, 0.15) is 23.3 Å². The first-order valence-electron chi connectivity index (χ1n) is 11.4. The number of aryl methyl sites for hydroxylation is 2. The van der Waals surface area contributed by atoms with Crippen LogP contribution < -0.4 is 0 Å². The predicted molar refractivity (Wildman–Crippen MR) is 128 cm³/mol. The maximum atomic E-state index is 13.2. The molecule has 176 valence electrons. The van der Waals surface area contributed by atoms with Crippen molar-refractivity contribution in [2.24, 2.45) is 5.10 Å². The molecule has 0 aliphatic carbocycles. The van der Waals surface area contributed by atoms with Gasteiger partial charge in [0.2, 0.25) is 5.16 Å². The summed E-state index contributed by atoms with van der Waals surface area (Å²) in [5, 5.41) is 11.2. The molecule has 34 heavy (non-hydrogen) atoms. The molecule has 1 atom stereocenters. The molecule has 1 aliphatic rings. The van der Waals surface area contributed by atoms with Crippen LogP contribution in [0.5, 0.6) is 0 Å². The van der Waals surface area contributed by atoms with Crippen LogP contribution in [0, 0.1) is 13.8 Å². The van der Waals surface area contributed by atoms with Crippen molar-refractivity contribution in [2.45, 2.75) is 57.7 Å². The number of unbranched alkanes of at least 4 members (excludes halogenated alkanes) is 1. The molecule has 0 fully saturated rings. The summed E-state index contributed by atoms with van der Waals surface area (Å²) in [6.45, 7) is 6.24. The molecule has 1 aliphatic heterocycles. The van der Waals surface area contributed by atoms with E-state index in [1.54, 1.807) is 23.1 Å². The van der Waals surface area contributed by atoms with Crippen LogP contribution >= 0.6 is 11.8 Å². The number of thioether (sulfide) groups is 1. The second-order valence-electron chi connectivity index (χ2n) is 8.26. The maximum Gasteiger partial charge on any atom is 0.253 e. The zero-order valence-corrected chi connectivity index (χ0v) is 20.2. The number of nitrogens with zero attached hydrogens (tertiary/aromatic N) is 6. The highest BCUT2D eigenvalue weighted by molar-refractivity contribution is 7.99. The Morgan fingerprint density at radius 3 is 2.74 bits per heavy atom. The molecule has 5 rings (SSSR count). The molecular weight excluding hydrogens is 452 g/mol. The van der Waals surface area contributed by atoms with Gasteiger partial charge in [-0.3, -0.25) is 4.79 Å². The van der Waals surface area contributed by atoms with Crippen LogP contribution in [-0.2, 0) is 11.2 Å². The highest BCUT2D eigenvalue weighted by atomic mass is 32.2. The second kappa shape index (κ2) is 9.46. The number of fused-ring (bicyclic) bond motifs is 1. The van der Waals surface area contributed by atoms with E-state index in [0.29, 0.717) is 34.6 Å². The average molecular weight is 479 g/mol. The Bertz CT molecular complexity index is 1330. The molecule has 0 spiro atoms. The van der Waals surface area contributed by atoms with E-state index in [4.69, 9.17) is 8.83 Å². The van der Waals surface area contributed by atoms with Gasteiger partial charge in [-0.15, -0.1) is 5.10 Å². The first-order chi connectivity index (χ1) is 16.5. The fourth-order valence-corrected chi connectivity index (χ4v) is 4.86. The third-order valence-electron chi connectivity index (χ3n) is 5.98. The summed E-state index contributed by atoms with van der Waals surface area (Å²) in [6.07, 6.45) is 6.92. The molecule has 0 N–H and O–H groups in total. The van der Waals surface area contributed by atoms with E-state index in [-0.39, 0.29) is 17.7 Å². The summed E-state index contributed by atoms with van der Waals surface area (Å²) in [7, 11) is 0. The third kappa shape index (κ3) is 4.25. The van der Waals surface area contributed by atoms with Crippen molar-refractivity contribution < 1.29 is 13.6 Å². The predicted octanol–water partition coefficient (Wildman–Crippen LogP) is 4.74. The average Bonchev–Trinajstić information content (AvgIpc) is 3.62. The molecule has 4 aromatic heterocycles. The third-order valence-corrected chi connectivity index (χ3v) is 6.80. The molecule has 0 radical (unpaired) electrons. The standard InChI is InChI=1S/C24H26N6O3S/c1-4-5-8-17-15(2)25-23-26-24(28-29(23)16(17)3)34-14-22(31)30-19(21-10-7-12-33-21)13-18(27-30)20-9-6-11-32-20/h6-7,9-12,19H,4-5,8,13-14H2,1-3H3. The Morgan fingerprint density at radius 2 is 2.00 bits per heavy atom. The zero-order valence-electron chi connectivity index (χ0n) is 19.4. The van der Waals surface area contributed by atoms with E-state index >= 15 is 0 Å². The van der Waals surface area contributed by atoms with Gasteiger partial charge in [0.05, 0.1) is 18.3 Å². The van der Waals surface area contributed by atoms with E-state index in [9.17, 15) is 4.79 Å². The summed E-state index contributed by atoms with van der Waals surface area (Å²) in [5.74, 6) is 1.88. The number of furan rings is 2. The van der Waals surface area contributed by atoms with Crippen molar-refractivity contribution >= 4 is 29.2 Å². The zero-order chi connectivity index (χ0) is 23.7. The van der Waals surface area contributed by atoms with Crippen LogP contribution in [0.4, 0.5) is 0 Å². The number of carbonyl (C=O) groups is 1. The van der Waals surface area contributed by atoms with Gasteiger partial charge in [0.25, 0.3) is 11.7 Å². The van der Waals surface area contributed by atoms with Crippen molar-refractivity contribution in [3.8, 4) is 0 Å². The Labute approximate surface area is 201 Å². The molecule has 0 aromatic carbocycles. The van der Waals surface area contributed by atoms with E-state index in [1.165, 1.54) is 22.3 Å². The van der Waals surface area contributed by atoms with Crippen molar-refractivity contribution in [2.75, 3.05) is 5.75 Å². The second-order valence-corrected chi connectivity index (χ2v) is 9.20. The molecule has 0 saturated heterocycles. The molecule has 5 heterocycles. The highest BCUT2D eigenvalue weighted by Gasteiger charge is 2.35. The molecule has 9 nitrogen and oxygen atoms in total. The van der Waals surface area contributed by atoms with Gasteiger partial charge in [-0.1, -0.05) is 25.1 Å². The summed E-state index contributed by atoms with van der Waals surface area (Å²) >= 11 is 1.28.